The van der Waals surface area contributed by atoms with Gasteiger partial charge in [0.05, 0.1) is 11.4 Å². The van der Waals surface area contributed by atoms with E-state index in [0.29, 0.717) is 5.15 Å². The van der Waals surface area contributed by atoms with Crippen LogP contribution in [0.5, 0.6) is 0 Å². The van der Waals surface area contributed by atoms with E-state index in [1.807, 2.05) is 41.9 Å². The van der Waals surface area contributed by atoms with Crippen molar-refractivity contribution in [3.63, 3.8) is 0 Å². The number of aromatic nitrogens is 2. The Bertz CT molecular complexity index is 792. The molecule has 3 rings (SSSR count). The van der Waals surface area contributed by atoms with E-state index in [4.69, 9.17) is 11.6 Å². The highest BCUT2D eigenvalue weighted by Gasteiger charge is 2.16. The summed E-state index contributed by atoms with van der Waals surface area (Å²) in [6.07, 6.45) is 0. The quantitative estimate of drug-likeness (QED) is 0.660. The summed E-state index contributed by atoms with van der Waals surface area (Å²) in [6.45, 7) is 5.89. The molecule has 0 amide bonds. The second-order valence-electron chi connectivity index (χ2n) is 5.80. The van der Waals surface area contributed by atoms with Crippen LogP contribution in [0.25, 0.3) is 5.69 Å². The first-order chi connectivity index (χ1) is 11.1. The first-order valence-electron chi connectivity index (χ1n) is 7.57. The molecule has 2 aromatic heterocycles. The van der Waals surface area contributed by atoms with Crippen LogP contribution in [0.15, 0.2) is 41.8 Å². The number of rotatable bonds is 5. The van der Waals surface area contributed by atoms with Gasteiger partial charge in [-0.15, -0.1) is 11.3 Å². The lowest BCUT2D eigenvalue weighted by molar-refractivity contribution is 0.321. The third-order valence-corrected chi connectivity index (χ3v) is 5.33. The smallest absolute Gasteiger partial charge is 0.137 e. The van der Waals surface area contributed by atoms with Gasteiger partial charge < -0.3 is 0 Å². The standard InChI is InChI=1S/C18H20ClN3S/c1-13-9-10-23-17(13)12-21(3)11-16-14(2)20-22(18(16)19)15-7-5-4-6-8-15/h4-10H,11-12H2,1-3H3. The lowest BCUT2D eigenvalue weighted by atomic mass is 10.2. The number of halogens is 1. The van der Waals surface area contributed by atoms with Gasteiger partial charge in [-0.05, 0) is 50.0 Å². The van der Waals surface area contributed by atoms with Crippen LogP contribution in [-0.2, 0) is 13.1 Å². The minimum Gasteiger partial charge on any atom is -0.297 e. The van der Waals surface area contributed by atoms with Crippen molar-refractivity contribution in [2.24, 2.45) is 0 Å². The van der Waals surface area contributed by atoms with Crippen LogP contribution >= 0.6 is 22.9 Å². The van der Waals surface area contributed by atoms with Crippen LogP contribution in [0.4, 0.5) is 0 Å². The van der Waals surface area contributed by atoms with Crippen LogP contribution in [0, 0.1) is 13.8 Å². The van der Waals surface area contributed by atoms with Crippen molar-refractivity contribution in [1.82, 2.24) is 14.7 Å². The lowest BCUT2D eigenvalue weighted by Gasteiger charge is -2.16. The molecule has 0 aliphatic heterocycles. The molecule has 0 aliphatic carbocycles. The van der Waals surface area contributed by atoms with Crippen molar-refractivity contribution in [1.29, 1.82) is 0 Å². The van der Waals surface area contributed by atoms with Gasteiger partial charge in [0.1, 0.15) is 5.15 Å². The number of benzene rings is 1. The van der Waals surface area contributed by atoms with Crippen LogP contribution < -0.4 is 0 Å². The molecular formula is C18H20ClN3S. The zero-order chi connectivity index (χ0) is 16.4. The van der Waals surface area contributed by atoms with Gasteiger partial charge in [0, 0.05) is 23.5 Å². The van der Waals surface area contributed by atoms with Crippen LogP contribution in [0.1, 0.15) is 21.7 Å². The molecule has 0 N–H and O–H groups in total. The molecular weight excluding hydrogens is 326 g/mol. The number of nitrogens with zero attached hydrogens (tertiary/aromatic N) is 3. The summed E-state index contributed by atoms with van der Waals surface area (Å²) in [5.74, 6) is 0. The Hall–Kier alpha value is -1.62. The fourth-order valence-electron chi connectivity index (χ4n) is 2.59. The van der Waals surface area contributed by atoms with Crippen LogP contribution in [0.3, 0.4) is 0 Å². The van der Waals surface area contributed by atoms with Gasteiger partial charge in [0.25, 0.3) is 0 Å². The number of hydrogen-bond acceptors (Lipinski definition) is 3. The van der Waals surface area contributed by atoms with Gasteiger partial charge in [-0.25, -0.2) is 4.68 Å². The van der Waals surface area contributed by atoms with E-state index in [9.17, 15) is 0 Å². The lowest BCUT2D eigenvalue weighted by Crippen LogP contribution is -2.17. The summed E-state index contributed by atoms with van der Waals surface area (Å²) in [7, 11) is 2.12. The van der Waals surface area contributed by atoms with E-state index in [1.165, 1.54) is 10.4 Å². The van der Waals surface area contributed by atoms with Crippen molar-refractivity contribution >= 4 is 22.9 Å². The highest BCUT2D eigenvalue weighted by molar-refractivity contribution is 7.10. The SMILES string of the molecule is Cc1ccsc1CN(C)Cc1c(C)nn(-c2ccccc2)c1Cl. The van der Waals surface area contributed by atoms with E-state index in [1.54, 1.807) is 11.3 Å². The third kappa shape index (κ3) is 3.50. The molecule has 0 saturated carbocycles. The summed E-state index contributed by atoms with van der Waals surface area (Å²) in [5.41, 5.74) is 4.41. The van der Waals surface area contributed by atoms with E-state index >= 15 is 0 Å². The van der Waals surface area contributed by atoms with Gasteiger partial charge in [-0.1, -0.05) is 29.8 Å². The molecule has 3 nitrogen and oxygen atoms in total. The molecule has 2 heterocycles. The average molecular weight is 346 g/mol. The molecule has 0 atom stereocenters. The monoisotopic (exact) mass is 345 g/mol. The highest BCUT2D eigenvalue weighted by Crippen LogP contribution is 2.25. The minimum absolute atomic E-state index is 0.698. The van der Waals surface area contributed by atoms with E-state index < -0.39 is 0 Å². The van der Waals surface area contributed by atoms with Gasteiger partial charge in [-0.2, -0.15) is 5.10 Å². The highest BCUT2D eigenvalue weighted by atomic mass is 35.5. The maximum Gasteiger partial charge on any atom is 0.137 e. The van der Waals surface area contributed by atoms with Crippen molar-refractivity contribution in [2.75, 3.05) is 7.05 Å². The maximum absolute atomic E-state index is 6.60. The summed E-state index contributed by atoms with van der Waals surface area (Å²) in [4.78, 5) is 3.68. The molecule has 0 fully saturated rings. The second-order valence-corrected chi connectivity index (χ2v) is 7.16. The van der Waals surface area contributed by atoms with Gasteiger partial charge in [0.2, 0.25) is 0 Å². The third-order valence-electron chi connectivity index (χ3n) is 3.93. The van der Waals surface area contributed by atoms with Gasteiger partial charge in [-0.3, -0.25) is 4.90 Å². The summed E-state index contributed by atoms with van der Waals surface area (Å²) >= 11 is 8.40. The van der Waals surface area contributed by atoms with E-state index in [0.717, 1.165) is 30.0 Å². The van der Waals surface area contributed by atoms with E-state index in [-0.39, 0.29) is 0 Å². The fourth-order valence-corrected chi connectivity index (χ4v) is 3.91. The molecule has 1 aromatic carbocycles. The molecule has 5 heteroatoms. The normalized spacial score (nSPS) is 11.3. The Morgan fingerprint density at radius 2 is 1.87 bits per heavy atom. The largest absolute Gasteiger partial charge is 0.297 e. The Labute approximate surface area is 146 Å². The Morgan fingerprint density at radius 3 is 2.52 bits per heavy atom. The number of hydrogen-bond donors (Lipinski definition) is 0. The number of para-hydroxylation sites is 1. The van der Waals surface area contributed by atoms with Crippen molar-refractivity contribution in [3.05, 3.63) is 68.6 Å². The first kappa shape index (κ1) is 16.2. The van der Waals surface area contributed by atoms with Crippen LogP contribution in [0.2, 0.25) is 5.15 Å². The fraction of sp³-hybridized carbons (Fsp3) is 0.278. The molecule has 0 radical (unpaired) electrons. The molecule has 0 spiro atoms. The summed E-state index contributed by atoms with van der Waals surface area (Å²) < 4.78 is 1.82. The predicted molar refractivity (Wildman–Crippen MR) is 97.5 cm³/mol. The Morgan fingerprint density at radius 1 is 1.13 bits per heavy atom. The van der Waals surface area contributed by atoms with Crippen molar-refractivity contribution in [2.45, 2.75) is 26.9 Å². The average Bonchev–Trinajstić information content (AvgIpc) is 3.06. The van der Waals surface area contributed by atoms with Crippen molar-refractivity contribution < 1.29 is 0 Å². The van der Waals surface area contributed by atoms with Gasteiger partial charge in [0.15, 0.2) is 0 Å². The minimum atomic E-state index is 0.698. The number of thiophene rings is 1. The zero-order valence-corrected chi connectivity index (χ0v) is 15.2. The second kappa shape index (κ2) is 6.87. The molecule has 0 saturated heterocycles. The molecule has 0 bridgehead atoms. The molecule has 0 unspecified atom stereocenters. The molecule has 0 aliphatic rings. The molecule has 3 aromatic rings. The first-order valence-corrected chi connectivity index (χ1v) is 8.83. The molecule has 23 heavy (non-hydrogen) atoms. The summed E-state index contributed by atoms with van der Waals surface area (Å²) in [6, 6.07) is 12.2. The summed E-state index contributed by atoms with van der Waals surface area (Å²) in [5, 5.41) is 7.45. The predicted octanol–water partition coefficient (Wildman–Crippen LogP) is 4.84. The molecule has 120 valence electrons. The maximum atomic E-state index is 6.60. The topological polar surface area (TPSA) is 21.1 Å². The zero-order valence-electron chi connectivity index (χ0n) is 13.6. The van der Waals surface area contributed by atoms with Crippen molar-refractivity contribution in [3.8, 4) is 5.69 Å². The Balaban J connectivity index is 1.81. The van der Waals surface area contributed by atoms with Crippen LogP contribution in [-0.4, -0.2) is 21.7 Å². The Kier molecular flexibility index (Phi) is 4.85. The van der Waals surface area contributed by atoms with E-state index in [2.05, 4.69) is 35.4 Å². The van der Waals surface area contributed by atoms with Gasteiger partial charge >= 0.3 is 0 Å². The number of aryl methyl sites for hydroxylation is 2.